The third kappa shape index (κ3) is 5.00. The predicted octanol–water partition coefficient (Wildman–Crippen LogP) is 5.57. The van der Waals surface area contributed by atoms with Gasteiger partial charge in [-0.3, -0.25) is 14.6 Å². The molecule has 1 unspecified atom stereocenters. The summed E-state index contributed by atoms with van der Waals surface area (Å²) in [5.74, 6) is 0.663. The minimum atomic E-state index is -0.179. The standard InChI is InChI=1S/C27H32N2O4/c1-16(2)28-20-14-27(3,4)15-23(32)25(20)21(30)11-10-19-26-22(31)12-18(13-24(26)33-29-19)17-8-6-5-7-9-17/h5-9,16,18,30H,10-15H2,1-4H3/b25-21-,28-20?. The van der Waals surface area contributed by atoms with Gasteiger partial charge in [0.2, 0.25) is 0 Å². The van der Waals surface area contributed by atoms with E-state index in [1.54, 1.807) is 0 Å². The molecule has 33 heavy (non-hydrogen) atoms. The molecule has 2 aliphatic rings. The van der Waals surface area contributed by atoms with Crippen molar-refractivity contribution in [1.29, 1.82) is 0 Å². The lowest BCUT2D eigenvalue weighted by Gasteiger charge is -2.31. The number of Topliss-reactive ketones (excluding diaryl/α,β-unsaturated/α-hetero) is 2. The number of hydrogen-bond donors (Lipinski definition) is 1. The number of benzene rings is 1. The van der Waals surface area contributed by atoms with Crippen LogP contribution in [0.3, 0.4) is 0 Å². The van der Waals surface area contributed by atoms with Gasteiger partial charge in [-0.1, -0.05) is 49.3 Å². The van der Waals surface area contributed by atoms with Crippen LogP contribution in [0.25, 0.3) is 0 Å². The van der Waals surface area contributed by atoms with Gasteiger partial charge in [-0.2, -0.15) is 0 Å². The number of aliphatic hydroxyl groups excluding tert-OH is 1. The van der Waals surface area contributed by atoms with E-state index in [9.17, 15) is 14.7 Å². The SMILES string of the molecule is CC(C)N=C1CC(C)(C)CC(=O)/C1=C(\O)CCc1noc2c1C(=O)CC(c1ccccc1)C2. The highest BCUT2D eigenvalue weighted by Crippen LogP contribution is 2.37. The Morgan fingerprint density at radius 1 is 1.15 bits per heavy atom. The second-order valence-corrected chi connectivity index (χ2v) is 10.3. The number of allylic oxidation sites excluding steroid dienone is 2. The van der Waals surface area contributed by atoms with Gasteiger partial charge >= 0.3 is 0 Å². The molecule has 0 saturated heterocycles. The summed E-state index contributed by atoms with van der Waals surface area (Å²) in [4.78, 5) is 30.5. The fourth-order valence-corrected chi connectivity index (χ4v) is 4.97. The van der Waals surface area contributed by atoms with Crippen molar-refractivity contribution in [2.45, 2.75) is 78.2 Å². The maximum absolute atomic E-state index is 12.9. The minimum absolute atomic E-state index is 0.0195. The van der Waals surface area contributed by atoms with Gasteiger partial charge < -0.3 is 9.63 Å². The largest absolute Gasteiger partial charge is 0.511 e. The van der Waals surface area contributed by atoms with Crippen molar-refractivity contribution in [3.63, 3.8) is 0 Å². The second kappa shape index (κ2) is 9.08. The highest BCUT2D eigenvalue weighted by molar-refractivity contribution is 6.24. The third-order valence-corrected chi connectivity index (χ3v) is 6.40. The monoisotopic (exact) mass is 448 g/mol. The Balaban J connectivity index is 1.54. The predicted molar refractivity (Wildman–Crippen MR) is 127 cm³/mol. The van der Waals surface area contributed by atoms with Gasteiger partial charge in [-0.15, -0.1) is 0 Å². The zero-order valence-corrected chi connectivity index (χ0v) is 19.9. The maximum atomic E-state index is 12.9. The average molecular weight is 449 g/mol. The fraction of sp³-hybridized carbons (Fsp3) is 0.481. The van der Waals surface area contributed by atoms with Crippen LogP contribution in [-0.2, 0) is 17.6 Å². The molecule has 0 spiro atoms. The number of nitrogens with zero attached hydrogens (tertiary/aromatic N) is 2. The molecule has 1 N–H and O–H groups in total. The number of aliphatic imine (C=N–C) groups is 1. The lowest BCUT2D eigenvalue weighted by atomic mass is 9.73. The number of aromatic nitrogens is 1. The Hall–Kier alpha value is -3.02. The van der Waals surface area contributed by atoms with Gasteiger partial charge in [0.25, 0.3) is 0 Å². The molecule has 2 aromatic rings. The van der Waals surface area contributed by atoms with Crippen molar-refractivity contribution in [3.8, 4) is 0 Å². The van der Waals surface area contributed by atoms with Crippen LogP contribution < -0.4 is 0 Å². The summed E-state index contributed by atoms with van der Waals surface area (Å²) in [7, 11) is 0. The van der Waals surface area contributed by atoms with Crippen LogP contribution in [0.4, 0.5) is 0 Å². The molecule has 1 aromatic carbocycles. The van der Waals surface area contributed by atoms with E-state index >= 15 is 0 Å². The van der Waals surface area contributed by atoms with Crippen molar-refractivity contribution in [2.24, 2.45) is 10.4 Å². The average Bonchev–Trinajstić information content (AvgIpc) is 3.15. The van der Waals surface area contributed by atoms with Crippen LogP contribution in [0.2, 0.25) is 0 Å². The lowest BCUT2D eigenvalue weighted by molar-refractivity contribution is -0.117. The number of hydrogen-bond acceptors (Lipinski definition) is 6. The normalized spacial score (nSPS) is 23.2. The van der Waals surface area contributed by atoms with Gasteiger partial charge in [0.05, 0.1) is 16.8 Å². The Morgan fingerprint density at radius 2 is 1.88 bits per heavy atom. The molecule has 174 valence electrons. The summed E-state index contributed by atoms with van der Waals surface area (Å²) >= 11 is 0. The molecule has 2 aliphatic carbocycles. The van der Waals surface area contributed by atoms with E-state index in [2.05, 4.69) is 10.1 Å². The maximum Gasteiger partial charge on any atom is 0.168 e. The number of aliphatic hydroxyl groups is 1. The molecule has 6 heteroatoms. The number of ketones is 2. The molecule has 1 atom stereocenters. The van der Waals surface area contributed by atoms with Crippen molar-refractivity contribution in [1.82, 2.24) is 5.16 Å². The molecular formula is C27H32N2O4. The van der Waals surface area contributed by atoms with Gasteiger partial charge in [0.15, 0.2) is 11.6 Å². The molecular weight excluding hydrogens is 416 g/mol. The molecule has 1 aromatic heterocycles. The number of carbonyl (C=O) groups is 2. The first-order valence-corrected chi connectivity index (χ1v) is 11.7. The molecule has 0 amide bonds. The van der Waals surface area contributed by atoms with E-state index in [0.717, 1.165) is 5.56 Å². The van der Waals surface area contributed by atoms with E-state index in [1.165, 1.54) is 0 Å². The molecule has 0 bridgehead atoms. The number of aryl methyl sites for hydroxylation is 1. The van der Waals surface area contributed by atoms with E-state index < -0.39 is 0 Å². The van der Waals surface area contributed by atoms with Gasteiger partial charge in [0.1, 0.15) is 11.5 Å². The Labute approximate surface area is 194 Å². The topological polar surface area (TPSA) is 92.8 Å². The zero-order valence-electron chi connectivity index (χ0n) is 19.9. The summed E-state index contributed by atoms with van der Waals surface area (Å²) in [5.41, 5.74) is 3.06. The zero-order chi connectivity index (χ0) is 23.8. The van der Waals surface area contributed by atoms with Crippen molar-refractivity contribution in [3.05, 3.63) is 64.2 Å². The first kappa shape index (κ1) is 23.1. The van der Waals surface area contributed by atoms with Crippen molar-refractivity contribution >= 4 is 17.3 Å². The Kier molecular flexibility index (Phi) is 6.37. The fourth-order valence-electron chi connectivity index (χ4n) is 4.97. The number of rotatable bonds is 5. The number of fused-ring (bicyclic) bond motifs is 1. The summed E-state index contributed by atoms with van der Waals surface area (Å²) < 4.78 is 5.55. The Bertz CT molecular complexity index is 1120. The molecule has 1 fully saturated rings. The van der Waals surface area contributed by atoms with Gasteiger partial charge in [-0.25, -0.2) is 0 Å². The molecule has 1 saturated carbocycles. The molecule has 0 radical (unpaired) electrons. The molecule has 4 rings (SSSR count). The van der Waals surface area contributed by atoms with Crippen molar-refractivity contribution < 1.29 is 19.2 Å². The summed E-state index contributed by atoms with van der Waals surface area (Å²) in [5, 5.41) is 15.1. The molecule has 6 nitrogen and oxygen atoms in total. The Morgan fingerprint density at radius 3 is 2.58 bits per heavy atom. The van der Waals surface area contributed by atoms with E-state index in [0.29, 0.717) is 60.4 Å². The van der Waals surface area contributed by atoms with Crippen LogP contribution in [-0.4, -0.2) is 33.6 Å². The first-order chi connectivity index (χ1) is 15.6. The highest BCUT2D eigenvalue weighted by Gasteiger charge is 2.37. The third-order valence-electron chi connectivity index (χ3n) is 6.40. The van der Waals surface area contributed by atoms with Crippen molar-refractivity contribution in [2.75, 3.05) is 0 Å². The van der Waals surface area contributed by atoms with Crippen LogP contribution >= 0.6 is 0 Å². The summed E-state index contributed by atoms with van der Waals surface area (Å²) in [6.07, 6.45) is 2.62. The highest BCUT2D eigenvalue weighted by atomic mass is 16.5. The van der Waals surface area contributed by atoms with E-state index in [1.807, 2.05) is 58.0 Å². The summed E-state index contributed by atoms with van der Waals surface area (Å²) in [6, 6.07) is 10.0. The smallest absolute Gasteiger partial charge is 0.168 e. The first-order valence-electron chi connectivity index (χ1n) is 11.7. The van der Waals surface area contributed by atoms with Crippen LogP contribution in [0, 0.1) is 5.41 Å². The molecule has 0 aliphatic heterocycles. The van der Waals surface area contributed by atoms with Crippen LogP contribution in [0.1, 0.15) is 86.7 Å². The van der Waals surface area contributed by atoms with Gasteiger partial charge in [0, 0.05) is 43.9 Å². The number of carbonyl (C=O) groups excluding carboxylic acids is 2. The van der Waals surface area contributed by atoms with Gasteiger partial charge in [-0.05, 0) is 37.2 Å². The lowest BCUT2D eigenvalue weighted by Crippen LogP contribution is -2.33. The van der Waals surface area contributed by atoms with Crippen LogP contribution in [0.15, 0.2) is 51.2 Å². The molecule has 1 heterocycles. The van der Waals surface area contributed by atoms with E-state index in [4.69, 9.17) is 4.52 Å². The summed E-state index contributed by atoms with van der Waals surface area (Å²) in [6.45, 7) is 8.02. The second-order valence-electron chi connectivity index (χ2n) is 10.3. The quantitative estimate of drug-likeness (QED) is 0.477. The van der Waals surface area contributed by atoms with E-state index in [-0.39, 0.29) is 41.1 Å². The van der Waals surface area contributed by atoms with Crippen LogP contribution in [0.5, 0.6) is 0 Å². The minimum Gasteiger partial charge on any atom is -0.511 e.